The van der Waals surface area contributed by atoms with Gasteiger partial charge >= 0.3 is 0 Å². The van der Waals surface area contributed by atoms with Crippen LogP contribution in [0, 0.1) is 0 Å². The molecule has 5 heteroatoms. The Hall–Kier alpha value is -3.24. The Bertz CT molecular complexity index is 1230. The monoisotopic (exact) mass is 356 g/mol. The zero-order chi connectivity index (χ0) is 17.5. The molecule has 1 heterocycles. The maximum absolute atomic E-state index is 5.94. The van der Waals surface area contributed by atoms with E-state index in [-0.39, 0.29) is 0 Å². The summed E-state index contributed by atoms with van der Waals surface area (Å²) in [7, 11) is 0. The maximum Gasteiger partial charge on any atom is 0.247 e. The Labute approximate surface area is 154 Å². The van der Waals surface area contributed by atoms with Gasteiger partial charge in [0.25, 0.3) is 0 Å². The van der Waals surface area contributed by atoms with Crippen LogP contribution in [0.2, 0.25) is 5.02 Å². The van der Waals surface area contributed by atoms with Crippen LogP contribution >= 0.6 is 11.6 Å². The van der Waals surface area contributed by atoms with Gasteiger partial charge in [0, 0.05) is 21.5 Å². The Morgan fingerprint density at radius 1 is 0.615 bits per heavy atom. The minimum Gasteiger partial charge on any atom is -0.323 e. The predicted octanol–water partition coefficient (Wildman–Crippen LogP) is 5.73. The maximum atomic E-state index is 5.94. The largest absolute Gasteiger partial charge is 0.323 e. The number of nitrogens with zero attached hydrogens (tertiary/aromatic N) is 3. The number of fused-ring (bicyclic) bond motifs is 6. The van der Waals surface area contributed by atoms with Gasteiger partial charge in [0.05, 0.1) is 0 Å². The second kappa shape index (κ2) is 5.93. The Balaban J connectivity index is 1.76. The summed E-state index contributed by atoms with van der Waals surface area (Å²) < 4.78 is 0. The zero-order valence-corrected chi connectivity index (χ0v) is 14.4. The van der Waals surface area contributed by atoms with Crippen LogP contribution in [0.15, 0.2) is 72.8 Å². The highest BCUT2D eigenvalue weighted by molar-refractivity contribution is 6.30. The minimum atomic E-state index is 0.459. The summed E-state index contributed by atoms with van der Waals surface area (Å²) in [6.07, 6.45) is 0. The lowest BCUT2D eigenvalue weighted by Crippen LogP contribution is -2.00. The quantitative estimate of drug-likeness (QED) is 0.410. The average molecular weight is 357 g/mol. The van der Waals surface area contributed by atoms with Crippen LogP contribution in [0.1, 0.15) is 0 Å². The molecule has 0 amide bonds. The molecular weight excluding hydrogens is 344 g/mol. The fourth-order valence-corrected chi connectivity index (χ4v) is 3.39. The summed E-state index contributed by atoms with van der Waals surface area (Å²) in [5.41, 5.74) is 2.51. The van der Waals surface area contributed by atoms with Gasteiger partial charge in [0.1, 0.15) is 11.0 Å². The number of aromatic nitrogens is 3. The molecule has 0 saturated carbocycles. The van der Waals surface area contributed by atoms with Crippen molar-refractivity contribution in [1.29, 1.82) is 0 Å². The summed E-state index contributed by atoms with van der Waals surface area (Å²) in [6.45, 7) is 0. The molecule has 5 aromatic rings. The van der Waals surface area contributed by atoms with Crippen molar-refractivity contribution < 1.29 is 0 Å². The molecule has 0 saturated heterocycles. The third kappa shape index (κ3) is 2.43. The summed E-state index contributed by atoms with van der Waals surface area (Å²) in [5.74, 6) is 0.459. The molecule has 124 valence electrons. The first-order valence-corrected chi connectivity index (χ1v) is 8.64. The molecule has 4 nitrogen and oxygen atoms in total. The van der Waals surface area contributed by atoms with E-state index in [9.17, 15) is 0 Å². The molecule has 0 radical (unpaired) electrons. The third-order valence-electron chi connectivity index (χ3n) is 4.44. The highest BCUT2D eigenvalue weighted by Gasteiger charge is 2.12. The molecule has 0 atom stereocenters. The number of rotatable bonds is 2. The van der Waals surface area contributed by atoms with E-state index in [2.05, 4.69) is 39.8 Å². The highest BCUT2D eigenvalue weighted by atomic mass is 35.5. The van der Waals surface area contributed by atoms with Gasteiger partial charge in [-0.05, 0) is 35.0 Å². The highest BCUT2D eigenvalue weighted by Crippen LogP contribution is 2.33. The van der Waals surface area contributed by atoms with E-state index in [0.717, 1.165) is 38.3 Å². The molecule has 26 heavy (non-hydrogen) atoms. The third-order valence-corrected chi connectivity index (χ3v) is 4.69. The van der Waals surface area contributed by atoms with Gasteiger partial charge in [-0.15, -0.1) is 10.2 Å². The smallest absolute Gasteiger partial charge is 0.247 e. The van der Waals surface area contributed by atoms with Crippen LogP contribution in [0.3, 0.4) is 0 Å². The number of hydrogen-bond acceptors (Lipinski definition) is 4. The first-order valence-electron chi connectivity index (χ1n) is 8.26. The van der Waals surface area contributed by atoms with Gasteiger partial charge in [-0.25, -0.2) is 4.98 Å². The lowest BCUT2D eigenvalue weighted by Gasteiger charge is -2.10. The summed E-state index contributed by atoms with van der Waals surface area (Å²) in [4.78, 5) is 4.75. The van der Waals surface area contributed by atoms with Crippen molar-refractivity contribution in [3.63, 3.8) is 0 Å². The Morgan fingerprint density at radius 3 is 1.85 bits per heavy atom. The molecule has 0 fully saturated rings. The van der Waals surface area contributed by atoms with E-state index in [0.29, 0.717) is 11.0 Å². The molecule has 1 N–H and O–H groups in total. The zero-order valence-electron chi connectivity index (χ0n) is 13.6. The van der Waals surface area contributed by atoms with Crippen LogP contribution < -0.4 is 5.32 Å². The molecule has 0 bridgehead atoms. The lowest BCUT2D eigenvalue weighted by atomic mass is 10.00. The number of nitrogens with one attached hydrogen (secondary N) is 1. The van der Waals surface area contributed by atoms with Crippen LogP contribution in [0.25, 0.3) is 32.6 Å². The topological polar surface area (TPSA) is 50.7 Å². The second-order valence-corrected chi connectivity index (χ2v) is 6.49. The fourth-order valence-electron chi connectivity index (χ4n) is 3.26. The van der Waals surface area contributed by atoms with Crippen molar-refractivity contribution in [2.75, 3.05) is 5.32 Å². The van der Waals surface area contributed by atoms with Crippen LogP contribution in [-0.2, 0) is 0 Å². The van der Waals surface area contributed by atoms with Crippen molar-refractivity contribution in [3.8, 4) is 0 Å². The lowest BCUT2D eigenvalue weighted by molar-refractivity contribution is 1.04. The molecule has 0 aliphatic heterocycles. The van der Waals surface area contributed by atoms with E-state index in [1.54, 1.807) is 0 Å². The molecular formula is C21H13ClN4. The Kier molecular flexibility index (Phi) is 3.43. The van der Waals surface area contributed by atoms with Gasteiger partial charge in [0.2, 0.25) is 5.95 Å². The summed E-state index contributed by atoms with van der Waals surface area (Å²) in [5, 5.41) is 17.1. The minimum absolute atomic E-state index is 0.459. The van der Waals surface area contributed by atoms with Crippen LogP contribution in [0.4, 0.5) is 11.6 Å². The number of halogens is 1. The van der Waals surface area contributed by atoms with Crippen LogP contribution in [-0.4, -0.2) is 15.2 Å². The van der Waals surface area contributed by atoms with Crippen molar-refractivity contribution >= 4 is 55.8 Å². The van der Waals surface area contributed by atoms with E-state index < -0.39 is 0 Å². The van der Waals surface area contributed by atoms with Crippen LogP contribution in [0.5, 0.6) is 0 Å². The molecule has 0 aliphatic carbocycles. The predicted molar refractivity (Wildman–Crippen MR) is 107 cm³/mol. The van der Waals surface area contributed by atoms with E-state index in [1.807, 2.05) is 48.5 Å². The molecule has 1 aromatic heterocycles. The van der Waals surface area contributed by atoms with Crippen molar-refractivity contribution in [3.05, 3.63) is 77.8 Å². The van der Waals surface area contributed by atoms with Gasteiger partial charge in [-0.3, -0.25) is 0 Å². The van der Waals surface area contributed by atoms with Gasteiger partial charge in [-0.1, -0.05) is 60.1 Å². The first kappa shape index (κ1) is 15.0. The average Bonchev–Trinajstić information content (AvgIpc) is 2.70. The number of hydrogen-bond donors (Lipinski definition) is 1. The summed E-state index contributed by atoms with van der Waals surface area (Å²) >= 11 is 5.94. The molecule has 0 spiro atoms. The van der Waals surface area contributed by atoms with Crippen molar-refractivity contribution in [2.45, 2.75) is 0 Å². The first-order chi connectivity index (χ1) is 12.8. The van der Waals surface area contributed by atoms with Crippen molar-refractivity contribution in [1.82, 2.24) is 15.2 Å². The van der Waals surface area contributed by atoms with E-state index in [1.165, 1.54) is 0 Å². The SMILES string of the molecule is Clc1ccc(Nc2nnc3c4ccccc4c4ccccc4c3n2)cc1. The van der Waals surface area contributed by atoms with Crippen molar-refractivity contribution in [2.24, 2.45) is 0 Å². The van der Waals surface area contributed by atoms with E-state index in [4.69, 9.17) is 16.6 Å². The second-order valence-electron chi connectivity index (χ2n) is 6.06. The van der Waals surface area contributed by atoms with E-state index >= 15 is 0 Å². The van der Waals surface area contributed by atoms with Gasteiger partial charge in [0.15, 0.2) is 0 Å². The summed E-state index contributed by atoms with van der Waals surface area (Å²) in [6, 6.07) is 23.9. The molecule has 0 aliphatic rings. The fraction of sp³-hybridized carbons (Fsp3) is 0. The number of benzene rings is 4. The van der Waals surface area contributed by atoms with Gasteiger partial charge < -0.3 is 5.32 Å². The molecule has 5 rings (SSSR count). The van der Waals surface area contributed by atoms with Gasteiger partial charge in [-0.2, -0.15) is 0 Å². The standard InChI is InChI=1S/C21H13ClN4/c22-13-9-11-14(12-10-13)23-21-24-19-17-7-3-1-5-15(17)16-6-2-4-8-18(16)20(19)25-26-21/h1-12H,(H,23,24,26). The Morgan fingerprint density at radius 2 is 1.19 bits per heavy atom. The molecule has 4 aromatic carbocycles. The number of anilines is 2. The normalized spacial score (nSPS) is 11.3. The molecule has 0 unspecified atom stereocenters.